The lowest BCUT2D eigenvalue weighted by Gasteiger charge is -2.49. The maximum absolute atomic E-state index is 6.52. The average Bonchev–Trinajstić information content (AvgIpc) is 3.10. The maximum atomic E-state index is 6.52. The number of hydrogen-bond donors (Lipinski definition) is 1. The number of thioether (sulfide) groups is 1. The molecule has 2 heterocycles. The molecule has 0 fully saturated rings. The second-order valence-electron chi connectivity index (χ2n) is 6.72. The third-order valence-electron chi connectivity index (χ3n) is 5.00. The Balaban J connectivity index is 1.96. The van der Waals surface area contributed by atoms with Crippen LogP contribution >= 0.6 is 23.1 Å². The molecule has 2 aromatic carbocycles. The molecule has 0 amide bonds. The number of nitrogen functional groups attached to an aromatic ring is 1. The molecule has 2 atom stereocenters. The summed E-state index contributed by atoms with van der Waals surface area (Å²) in [5.74, 6) is 0. The Labute approximate surface area is 169 Å². The molecule has 0 spiro atoms. The van der Waals surface area contributed by atoms with E-state index < -0.39 is 0 Å². The molecule has 0 radical (unpaired) electrons. The van der Waals surface area contributed by atoms with Crippen molar-refractivity contribution < 1.29 is 0 Å². The molecule has 27 heavy (non-hydrogen) atoms. The summed E-state index contributed by atoms with van der Waals surface area (Å²) in [6.45, 7) is 3.26. The number of thiophene rings is 1. The maximum Gasteiger partial charge on any atom is 0.151 e. The van der Waals surface area contributed by atoms with Gasteiger partial charge in [0.15, 0.2) is 5.50 Å². The lowest BCUT2D eigenvalue weighted by Crippen LogP contribution is -2.52. The molecule has 2 N–H and O–H groups in total. The molecule has 1 aliphatic rings. The minimum absolute atomic E-state index is 0.111. The first-order valence-corrected chi connectivity index (χ1v) is 11.5. The van der Waals surface area contributed by atoms with Crippen molar-refractivity contribution in [2.45, 2.75) is 24.9 Å². The van der Waals surface area contributed by atoms with Gasteiger partial charge in [0.05, 0.1) is 11.7 Å². The van der Waals surface area contributed by atoms with Crippen LogP contribution in [0.2, 0.25) is 0 Å². The number of nitrogens with zero attached hydrogens (tertiary/aromatic N) is 2. The zero-order valence-corrected chi connectivity index (χ0v) is 17.3. The predicted octanol–water partition coefficient (Wildman–Crippen LogP) is 5.80. The molecule has 0 saturated heterocycles. The minimum atomic E-state index is 0.111. The molecule has 5 heteroatoms. The molecule has 3 nitrogen and oxygen atoms in total. The number of fused-ring (bicyclic) bond motifs is 1. The van der Waals surface area contributed by atoms with E-state index in [1.807, 2.05) is 11.8 Å². The van der Waals surface area contributed by atoms with E-state index in [1.54, 1.807) is 11.3 Å². The molecule has 1 aromatic heterocycles. The molecule has 140 valence electrons. The minimum Gasteiger partial charge on any atom is -0.398 e. The molecule has 2 unspecified atom stereocenters. The van der Waals surface area contributed by atoms with Crippen LogP contribution in [0.3, 0.4) is 0 Å². The van der Waals surface area contributed by atoms with Crippen molar-refractivity contribution in [3.63, 3.8) is 0 Å². The monoisotopic (exact) mass is 395 g/mol. The number of para-hydroxylation sites is 1. The third kappa shape index (κ3) is 3.19. The van der Waals surface area contributed by atoms with Gasteiger partial charge in [0.2, 0.25) is 0 Å². The van der Waals surface area contributed by atoms with Crippen LogP contribution in [0.4, 0.5) is 16.4 Å². The molecule has 1 aliphatic heterocycles. The Hall–Kier alpha value is -2.11. The highest BCUT2D eigenvalue weighted by Gasteiger charge is 2.41. The Kier molecular flexibility index (Phi) is 5.32. The van der Waals surface area contributed by atoms with Crippen molar-refractivity contribution >= 4 is 39.5 Å². The molecule has 0 aliphatic carbocycles. The Morgan fingerprint density at radius 3 is 2.33 bits per heavy atom. The van der Waals surface area contributed by atoms with Crippen LogP contribution in [0.15, 0.2) is 66.0 Å². The van der Waals surface area contributed by atoms with Crippen molar-refractivity contribution in [2.75, 3.05) is 28.3 Å². The molecule has 4 rings (SSSR count). The van der Waals surface area contributed by atoms with Crippen molar-refractivity contribution in [3.05, 3.63) is 77.2 Å². The van der Waals surface area contributed by atoms with E-state index in [1.165, 1.54) is 21.8 Å². The summed E-state index contributed by atoms with van der Waals surface area (Å²) in [6, 6.07) is 21.6. The number of benzene rings is 2. The van der Waals surface area contributed by atoms with E-state index in [9.17, 15) is 0 Å². The fraction of sp³-hybridized carbons (Fsp3) is 0.273. The van der Waals surface area contributed by atoms with Gasteiger partial charge in [0.1, 0.15) is 5.00 Å². The number of nitrogens with two attached hydrogens (primary N) is 1. The summed E-state index contributed by atoms with van der Waals surface area (Å²) in [7, 11) is 0. The first kappa shape index (κ1) is 18.3. The highest BCUT2D eigenvalue weighted by Crippen LogP contribution is 2.51. The summed E-state index contributed by atoms with van der Waals surface area (Å²) in [4.78, 5) is 5.05. The third-order valence-corrected chi connectivity index (χ3v) is 6.95. The number of anilines is 3. The standard InChI is InChI=1S/C22H25N3S2/c1-3-14-24-21-19(18(23)15-27-21)20(16-10-6-4-7-11-16)25(22(24)26-2)17-12-8-5-9-13-17/h4-13,15,20,22H,3,14,23H2,1-2H3. The van der Waals surface area contributed by atoms with Crippen molar-refractivity contribution in [2.24, 2.45) is 0 Å². The van der Waals surface area contributed by atoms with Crippen LogP contribution in [0, 0.1) is 0 Å². The lowest BCUT2D eigenvalue weighted by molar-refractivity contribution is 0.601. The molecule has 0 bridgehead atoms. The fourth-order valence-electron chi connectivity index (χ4n) is 3.92. The van der Waals surface area contributed by atoms with Crippen LogP contribution < -0.4 is 15.5 Å². The predicted molar refractivity (Wildman–Crippen MR) is 121 cm³/mol. The summed E-state index contributed by atoms with van der Waals surface area (Å²) in [5, 5.41) is 3.42. The molecular weight excluding hydrogens is 370 g/mol. The number of rotatable bonds is 5. The van der Waals surface area contributed by atoms with Gasteiger partial charge in [0.25, 0.3) is 0 Å². The quantitative estimate of drug-likeness (QED) is 0.591. The van der Waals surface area contributed by atoms with Crippen LogP contribution in [-0.2, 0) is 0 Å². The summed E-state index contributed by atoms with van der Waals surface area (Å²) in [6.07, 6.45) is 3.31. The largest absolute Gasteiger partial charge is 0.398 e. The van der Waals surface area contributed by atoms with E-state index in [0.29, 0.717) is 0 Å². The van der Waals surface area contributed by atoms with Gasteiger partial charge in [-0.25, -0.2) is 0 Å². The van der Waals surface area contributed by atoms with Gasteiger partial charge in [-0.15, -0.1) is 23.1 Å². The van der Waals surface area contributed by atoms with Crippen LogP contribution in [0.1, 0.15) is 30.5 Å². The summed E-state index contributed by atoms with van der Waals surface area (Å²) >= 11 is 3.66. The lowest BCUT2D eigenvalue weighted by atomic mass is 9.95. The van der Waals surface area contributed by atoms with E-state index in [0.717, 1.165) is 18.7 Å². The molecule has 3 aromatic rings. The Bertz CT molecular complexity index is 879. The van der Waals surface area contributed by atoms with Gasteiger partial charge < -0.3 is 15.5 Å². The van der Waals surface area contributed by atoms with Crippen LogP contribution in [0.25, 0.3) is 0 Å². The fourth-order valence-corrected chi connectivity index (χ4v) is 5.97. The highest BCUT2D eigenvalue weighted by molar-refractivity contribution is 7.99. The van der Waals surface area contributed by atoms with Crippen molar-refractivity contribution in [1.82, 2.24) is 0 Å². The summed E-state index contributed by atoms with van der Waals surface area (Å²) in [5.41, 5.74) is 11.4. The van der Waals surface area contributed by atoms with E-state index in [4.69, 9.17) is 5.73 Å². The SMILES string of the molecule is CCCN1c2scc(N)c2C(c2ccccc2)N(c2ccccc2)C1SC. The van der Waals surface area contributed by atoms with Crippen molar-refractivity contribution in [1.29, 1.82) is 0 Å². The first-order chi connectivity index (χ1) is 13.3. The van der Waals surface area contributed by atoms with Gasteiger partial charge in [-0.1, -0.05) is 55.5 Å². The average molecular weight is 396 g/mol. The Morgan fingerprint density at radius 1 is 1.04 bits per heavy atom. The van der Waals surface area contributed by atoms with Crippen molar-refractivity contribution in [3.8, 4) is 0 Å². The van der Waals surface area contributed by atoms with Gasteiger partial charge in [0, 0.05) is 23.2 Å². The van der Waals surface area contributed by atoms with Gasteiger partial charge in [-0.05, 0) is 30.4 Å². The zero-order valence-electron chi connectivity index (χ0n) is 15.7. The molecular formula is C22H25N3S2. The van der Waals surface area contributed by atoms with Crippen LogP contribution in [0.5, 0.6) is 0 Å². The van der Waals surface area contributed by atoms with E-state index in [2.05, 4.69) is 89.0 Å². The highest BCUT2D eigenvalue weighted by atomic mass is 32.2. The summed E-state index contributed by atoms with van der Waals surface area (Å²) < 4.78 is 0. The van der Waals surface area contributed by atoms with Gasteiger partial charge in [-0.3, -0.25) is 0 Å². The van der Waals surface area contributed by atoms with Gasteiger partial charge in [-0.2, -0.15) is 0 Å². The van der Waals surface area contributed by atoms with Crippen LogP contribution in [-0.4, -0.2) is 18.3 Å². The second kappa shape index (κ2) is 7.87. The first-order valence-electron chi connectivity index (χ1n) is 9.30. The molecule has 0 saturated carbocycles. The van der Waals surface area contributed by atoms with E-state index in [-0.39, 0.29) is 11.5 Å². The second-order valence-corrected chi connectivity index (χ2v) is 8.47. The number of hydrogen-bond acceptors (Lipinski definition) is 5. The smallest absolute Gasteiger partial charge is 0.151 e. The van der Waals surface area contributed by atoms with E-state index >= 15 is 0 Å². The topological polar surface area (TPSA) is 32.5 Å². The van der Waals surface area contributed by atoms with Gasteiger partial charge >= 0.3 is 0 Å². The zero-order chi connectivity index (χ0) is 18.8. The Morgan fingerprint density at radius 2 is 1.70 bits per heavy atom. The normalized spacial score (nSPS) is 19.2.